The first-order chi connectivity index (χ1) is 8.07. The van der Waals surface area contributed by atoms with Gasteiger partial charge in [0.25, 0.3) is 5.91 Å². The van der Waals surface area contributed by atoms with E-state index in [0.29, 0.717) is 16.3 Å². The van der Waals surface area contributed by atoms with Crippen LogP contribution in [0.4, 0.5) is 5.69 Å². The fourth-order valence-electron chi connectivity index (χ4n) is 1.63. The number of amides is 1. The quantitative estimate of drug-likeness (QED) is 0.648. The minimum Gasteiger partial charge on any atom is -0.397 e. The number of nitrogens with two attached hydrogens (primary N) is 1. The third-order valence-electron chi connectivity index (χ3n) is 2.73. The third-order valence-corrected chi connectivity index (χ3v) is 3.06. The zero-order valence-corrected chi connectivity index (χ0v) is 11.1. The Morgan fingerprint density at radius 1 is 1.41 bits per heavy atom. The van der Waals surface area contributed by atoms with Gasteiger partial charge in [-0.25, -0.2) is 0 Å². The lowest BCUT2D eigenvalue weighted by atomic mass is 10.1. The molecule has 1 amide bonds. The molecule has 1 aromatic rings. The topological polar surface area (TPSA) is 46.3 Å². The van der Waals surface area contributed by atoms with E-state index in [1.165, 1.54) is 0 Å². The predicted octanol–water partition coefficient (Wildman–Crippen LogP) is 3.18. The van der Waals surface area contributed by atoms with Crippen LogP contribution in [0, 0.1) is 0 Å². The summed E-state index contributed by atoms with van der Waals surface area (Å²) in [6, 6.07) is 5.14. The molecule has 0 aliphatic rings. The van der Waals surface area contributed by atoms with Gasteiger partial charge in [0.1, 0.15) is 0 Å². The average molecular weight is 255 g/mol. The first-order valence-corrected chi connectivity index (χ1v) is 6.25. The number of carbonyl (C=O) groups is 1. The van der Waals surface area contributed by atoms with E-state index < -0.39 is 0 Å². The van der Waals surface area contributed by atoms with Crippen LogP contribution in [0.25, 0.3) is 0 Å². The van der Waals surface area contributed by atoms with Crippen LogP contribution in [0.3, 0.4) is 0 Å². The lowest BCUT2D eigenvalue weighted by molar-refractivity contribution is 0.0793. The zero-order valence-electron chi connectivity index (χ0n) is 10.4. The molecular weight excluding hydrogens is 236 g/mol. The number of hydrogen-bond donors (Lipinski definition) is 1. The molecule has 0 aromatic heterocycles. The van der Waals surface area contributed by atoms with Crippen LogP contribution >= 0.6 is 11.6 Å². The van der Waals surface area contributed by atoms with Crippen molar-refractivity contribution in [1.29, 1.82) is 0 Å². The summed E-state index contributed by atoms with van der Waals surface area (Å²) in [4.78, 5) is 13.8. The van der Waals surface area contributed by atoms with Crippen molar-refractivity contribution in [2.24, 2.45) is 0 Å². The third kappa shape index (κ3) is 3.63. The van der Waals surface area contributed by atoms with Gasteiger partial charge in [0.05, 0.1) is 16.3 Å². The molecule has 4 heteroatoms. The Morgan fingerprint density at radius 3 is 2.76 bits per heavy atom. The number of anilines is 1. The van der Waals surface area contributed by atoms with Crippen molar-refractivity contribution in [2.75, 3.05) is 19.3 Å². The number of benzene rings is 1. The molecule has 0 spiro atoms. The molecule has 0 radical (unpaired) electrons. The molecule has 2 N–H and O–H groups in total. The number of unbranched alkanes of at least 4 members (excludes halogenated alkanes) is 2. The molecule has 0 aliphatic heterocycles. The van der Waals surface area contributed by atoms with Gasteiger partial charge in [-0.2, -0.15) is 0 Å². The molecule has 1 rings (SSSR count). The molecule has 0 unspecified atom stereocenters. The fourth-order valence-corrected chi connectivity index (χ4v) is 1.80. The van der Waals surface area contributed by atoms with Crippen molar-refractivity contribution in [3.8, 4) is 0 Å². The van der Waals surface area contributed by atoms with Gasteiger partial charge < -0.3 is 10.6 Å². The van der Waals surface area contributed by atoms with E-state index in [2.05, 4.69) is 6.92 Å². The monoisotopic (exact) mass is 254 g/mol. The first kappa shape index (κ1) is 13.8. The highest BCUT2D eigenvalue weighted by atomic mass is 35.5. The second kappa shape index (κ2) is 6.50. The standard InChI is InChI=1S/C13H19ClN2O/c1-3-4-5-9-16(2)13(17)10-7-6-8-11(14)12(10)15/h6-8H,3-5,9,15H2,1-2H3. The Morgan fingerprint density at radius 2 is 2.12 bits per heavy atom. The first-order valence-electron chi connectivity index (χ1n) is 5.87. The van der Waals surface area contributed by atoms with Crippen LogP contribution < -0.4 is 5.73 Å². The maximum Gasteiger partial charge on any atom is 0.255 e. The molecule has 17 heavy (non-hydrogen) atoms. The Kier molecular flexibility index (Phi) is 5.29. The Balaban J connectivity index is 2.71. The molecule has 0 atom stereocenters. The van der Waals surface area contributed by atoms with E-state index in [0.717, 1.165) is 25.8 Å². The van der Waals surface area contributed by atoms with Crippen molar-refractivity contribution < 1.29 is 4.79 Å². The largest absolute Gasteiger partial charge is 0.397 e. The highest BCUT2D eigenvalue weighted by molar-refractivity contribution is 6.33. The van der Waals surface area contributed by atoms with Crippen LogP contribution in [0.15, 0.2) is 18.2 Å². The van der Waals surface area contributed by atoms with Crippen molar-refractivity contribution in [2.45, 2.75) is 26.2 Å². The molecule has 1 aromatic carbocycles. The highest BCUT2D eigenvalue weighted by Crippen LogP contribution is 2.23. The molecule has 0 saturated carbocycles. The van der Waals surface area contributed by atoms with E-state index in [9.17, 15) is 4.79 Å². The molecule has 0 aliphatic carbocycles. The number of para-hydroxylation sites is 1. The SMILES string of the molecule is CCCCCN(C)C(=O)c1cccc(Cl)c1N. The van der Waals surface area contributed by atoms with E-state index in [-0.39, 0.29) is 5.91 Å². The van der Waals surface area contributed by atoms with Gasteiger partial charge in [-0.15, -0.1) is 0 Å². The second-order valence-electron chi connectivity index (χ2n) is 4.13. The molecule has 94 valence electrons. The van der Waals surface area contributed by atoms with Gasteiger partial charge >= 0.3 is 0 Å². The van der Waals surface area contributed by atoms with Crippen LogP contribution in [0.5, 0.6) is 0 Å². The number of hydrogen-bond acceptors (Lipinski definition) is 2. The summed E-state index contributed by atoms with van der Waals surface area (Å²) in [5, 5.41) is 0.429. The summed E-state index contributed by atoms with van der Waals surface area (Å²) in [5.41, 5.74) is 6.64. The van der Waals surface area contributed by atoms with Crippen molar-refractivity contribution in [1.82, 2.24) is 4.90 Å². The summed E-state index contributed by atoms with van der Waals surface area (Å²) < 4.78 is 0. The maximum atomic E-state index is 12.1. The smallest absolute Gasteiger partial charge is 0.255 e. The summed E-state index contributed by atoms with van der Waals surface area (Å²) in [6.45, 7) is 2.88. The number of nitrogen functional groups attached to an aromatic ring is 1. The molecule has 0 heterocycles. The van der Waals surface area contributed by atoms with Crippen molar-refractivity contribution >= 4 is 23.2 Å². The van der Waals surface area contributed by atoms with E-state index in [1.807, 2.05) is 0 Å². The molecule has 0 saturated heterocycles. The summed E-state index contributed by atoms with van der Waals surface area (Å²) in [5.74, 6) is -0.0684. The average Bonchev–Trinajstić information content (AvgIpc) is 2.32. The van der Waals surface area contributed by atoms with Gasteiger partial charge in [0, 0.05) is 13.6 Å². The number of carbonyl (C=O) groups excluding carboxylic acids is 1. The summed E-state index contributed by atoms with van der Waals surface area (Å²) >= 11 is 5.89. The summed E-state index contributed by atoms with van der Waals surface area (Å²) in [7, 11) is 1.79. The molecule has 0 bridgehead atoms. The summed E-state index contributed by atoms with van der Waals surface area (Å²) in [6.07, 6.45) is 3.28. The van der Waals surface area contributed by atoms with Crippen LogP contribution in [-0.2, 0) is 0 Å². The Hall–Kier alpha value is -1.22. The van der Waals surface area contributed by atoms with E-state index in [4.69, 9.17) is 17.3 Å². The zero-order chi connectivity index (χ0) is 12.8. The lowest BCUT2D eigenvalue weighted by Gasteiger charge is -2.18. The molecule has 0 fully saturated rings. The van der Waals surface area contributed by atoms with Gasteiger partial charge in [-0.1, -0.05) is 37.4 Å². The van der Waals surface area contributed by atoms with E-state index >= 15 is 0 Å². The van der Waals surface area contributed by atoms with Crippen molar-refractivity contribution in [3.05, 3.63) is 28.8 Å². The minimum absolute atomic E-state index is 0.0684. The lowest BCUT2D eigenvalue weighted by Crippen LogP contribution is -2.28. The van der Waals surface area contributed by atoms with Crippen LogP contribution in [-0.4, -0.2) is 24.4 Å². The van der Waals surface area contributed by atoms with Crippen LogP contribution in [0.1, 0.15) is 36.5 Å². The number of halogens is 1. The molecule has 3 nitrogen and oxygen atoms in total. The molecular formula is C13H19ClN2O. The predicted molar refractivity (Wildman–Crippen MR) is 72.3 cm³/mol. The van der Waals surface area contributed by atoms with Gasteiger partial charge in [-0.3, -0.25) is 4.79 Å². The number of rotatable bonds is 5. The Bertz CT molecular complexity index is 393. The van der Waals surface area contributed by atoms with Gasteiger partial charge in [0.15, 0.2) is 0 Å². The normalized spacial score (nSPS) is 10.3. The number of nitrogens with zero attached hydrogens (tertiary/aromatic N) is 1. The van der Waals surface area contributed by atoms with E-state index in [1.54, 1.807) is 30.1 Å². The maximum absolute atomic E-state index is 12.1. The second-order valence-corrected chi connectivity index (χ2v) is 4.54. The Labute approximate surface area is 108 Å². The van der Waals surface area contributed by atoms with Gasteiger partial charge in [0.2, 0.25) is 0 Å². The van der Waals surface area contributed by atoms with Crippen LogP contribution in [0.2, 0.25) is 5.02 Å². The highest BCUT2D eigenvalue weighted by Gasteiger charge is 2.15. The minimum atomic E-state index is -0.0684. The fraction of sp³-hybridized carbons (Fsp3) is 0.462. The van der Waals surface area contributed by atoms with Gasteiger partial charge in [-0.05, 0) is 18.6 Å². The van der Waals surface area contributed by atoms with Crippen molar-refractivity contribution in [3.63, 3.8) is 0 Å².